The van der Waals surface area contributed by atoms with Gasteiger partial charge in [-0.1, -0.05) is 6.07 Å². The summed E-state index contributed by atoms with van der Waals surface area (Å²) in [6.45, 7) is 4.61. The molecule has 1 aromatic rings. The van der Waals surface area contributed by atoms with Crippen LogP contribution in [0.15, 0.2) is 18.2 Å². The summed E-state index contributed by atoms with van der Waals surface area (Å²) in [5, 5.41) is 3.73. The van der Waals surface area contributed by atoms with Gasteiger partial charge in [-0.05, 0) is 56.8 Å². The van der Waals surface area contributed by atoms with Crippen LogP contribution < -0.4 is 14.8 Å². The lowest BCUT2D eigenvalue weighted by Gasteiger charge is -2.19. The SMILES string of the molecule is COc1ccc(CCN[C@H]2C[C@H](C)N(C3CC3)C2)cc1OC. The number of rotatable bonds is 7. The van der Waals surface area contributed by atoms with Crippen LogP contribution in [0.5, 0.6) is 11.5 Å². The summed E-state index contributed by atoms with van der Waals surface area (Å²) in [4.78, 5) is 2.69. The maximum absolute atomic E-state index is 5.37. The number of methoxy groups -OCH3 is 2. The summed E-state index contributed by atoms with van der Waals surface area (Å²) in [6, 6.07) is 8.46. The summed E-state index contributed by atoms with van der Waals surface area (Å²) in [6.07, 6.45) is 5.11. The van der Waals surface area contributed by atoms with Gasteiger partial charge in [-0.15, -0.1) is 0 Å². The van der Waals surface area contributed by atoms with Gasteiger partial charge in [-0.3, -0.25) is 4.90 Å². The third-order valence-corrected chi connectivity index (χ3v) is 4.93. The highest BCUT2D eigenvalue weighted by molar-refractivity contribution is 5.42. The molecule has 1 saturated heterocycles. The van der Waals surface area contributed by atoms with Crippen molar-refractivity contribution in [1.29, 1.82) is 0 Å². The third-order valence-electron chi connectivity index (χ3n) is 4.93. The van der Waals surface area contributed by atoms with E-state index in [0.29, 0.717) is 6.04 Å². The number of nitrogens with zero attached hydrogens (tertiary/aromatic N) is 1. The van der Waals surface area contributed by atoms with Crippen molar-refractivity contribution in [3.8, 4) is 11.5 Å². The standard InChI is InChI=1S/C18H28N2O2/c1-13-10-15(12-20(13)16-5-6-16)19-9-8-14-4-7-17(21-2)18(11-14)22-3/h4,7,11,13,15-16,19H,5-6,8-10,12H2,1-3H3/t13-,15-/m0/s1. The first-order valence-corrected chi connectivity index (χ1v) is 8.41. The van der Waals surface area contributed by atoms with E-state index in [1.165, 1.54) is 31.4 Å². The second-order valence-corrected chi connectivity index (χ2v) is 6.60. The first kappa shape index (κ1) is 15.6. The highest BCUT2D eigenvalue weighted by atomic mass is 16.5. The predicted molar refractivity (Wildman–Crippen MR) is 88.8 cm³/mol. The molecule has 3 rings (SSSR count). The molecule has 1 N–H and O–H groups in total. The quantitative estimate of drug-likeness (QED) is 0.839. The van der Waals surface area contributed by atoms with Crippen molar-refractivity contribution in [2.45, 2.75) is 50.7 Å². The van der Waals surface area contributed by atoms with Gasteiger partial charge >= 0.3 is 0 Å². The third kappa shape index (κ3) is 3.55. The van der Waals surface area contributed by atoms with Crippen LogP contribution in [-0.4, -0.2) is 50.3 Å². The molecule has 4 heteroatoms. The van der Waals surface area contributed by atoms with E-state index in [0.717, 1.165) is 36.5 Å². The Labute approximate surface area is 133 Å². The van der Waals surface area contributed by atoms with Crippen molar-refractivity contribution in [3.63, 3.8) is 0 Å². The molecule has 1 heterocycles. The molecule has 0 amide bonds. The van der Waals surface area contributed by atoms with Gasteiger partial charge < -0.3 is 14.8 Å². The smallest absolute Gasteiger partial charge is 0.160 e. The van der Waals surface area contributed by atoms with Crippen molar-refractivity contribution < 1.29 is 9.47 Å². The van der Waals surface area contributed by atoms with Crippen LogP contribution >= 0.6 is 0 Å². The summed E-state index contributed by atoms with van der Waals surface area (Å²) in [5.41, 5.74) is 1.29. The minimum absolute atomic E-state index is 0.649. The fourth-order valence-corrected chi connectivity index (χ4v) is 3.58. The number of nitrogens with one attached hydrogen (secondary N) is 1. The number of ether oxygens (including phenoxy) is 2. The number of hydrogen-bond donors (Lipinski definition) is 1. The van der Waals surface area contributed by atoms with Crippen LogP contribution in [0.1, 0.15) is 31.7 Å². The van der Waals surface area contributed by atoms with Crippen molar-refractivity contribution in [2.75, 3.05) is 27.3 Å². The van der Waals surface area contributed by atoms with E-state index in [-0.39, 0.29) is 0 Å². The second-order valence-electron chi connectivity index (χ2n) is 6.60. The van der Waals surface area contributed by atoms with Gasteiger partial charge in [0.05, 0.1) is 14.2 Å². The summed E-state index contributed by atoms with van der Waals surface area (Å²) in [5.74, 6) is 1.61. The Bertz CT molecular complexity index is 502. The Kier molecular flexibility index (Phi) is 4.89. The Hall–Kier alpha value is -1.26. The lowest BCUT2D eigenvalue weighted by atomic mass is 10.1. The Balaban J connectivity index is 1.47. The van der Waals surface area contributed by atoms with Crippen molar-refractivity contribution in [2.24, 2.45) is 0 Å². The highest BCUT2D eigenvalue weighted by Crippen LogP contribution is 2.33. The van der Waals surface area contributed by atoms with Crippen LogP contribution in [-0.2, 0) is 6.42 Å². The molecule has 1 aliphatic heterocycles. The largest absolute Gasteiger partial charge is 0.493 e. The zero-order valence-electron chi connectivity index (χ0n) is 14.0. The van der Waals surface area contributed by atoms with Crippen LogP contribution in [0.25, 0.3) is 0 Å². The lowest BCUT2D eigenvalue weighted by Crippen LogP contribution is -2.35. The van der Waals surface area contributed by atoms with Crippen molar-refractivity contribution in [1.82, 2.24) is 10.2 Å². The van der Waals surface area contributed by atoms with Gasteiger partial charge in [0.1, 0.15) is 0 Å². The minimum atomic E-state index is 0.649. The fourth-order valence-electron chi connectivity index (χ4n) is 3.58. The van der Waals surface area contributed by atoms with E-state index in [2.05, 4.69) is 29.3 Å². The topological polar surface area (TPSA) is 33.7 Å². The summed E-state index contributed by atoms with van der Waals surface area (Å²) in [7, 11) is 3.36. The van der Waals surface area contributed by atoms with Gasteiger partial charge in [-0.2, -0.15) is 0 Å². The molecule has 1 aromatic carbocycles. The maximum atomic E-state index is 5.37. The van der Waals surface area contributed by atoms with E-state index >= 15 is 0 Å². The molecule has 4 nitrogen and oxygen atoms in total. The molecular formula is C18H28N2O2. The molecule has 2 atom stereocenters. The van der Waals surface area contributed by atoms with Crippen LogP contribution in [0.4, 0.5) is 0 Å². The average Bonchev–Trinajstić information content (AvgIpc) is 3.31. The van der Waals surface area contributed by atoms with Crippen LogP contribution in [0.3, 0.4) is 0 Å². The zero-order chi connectivity index (χ0) is 15.5. The van der Waals surface area contributed by atoms with Gasteiger partial charge in [0, 0.05) is 24.7 Å². The lowest BCUT2D eigenvalue weighted by molar-refractivity contribution is 0.255. The van der Waals surface area contributed by atoms with Crippen LogP contribution in [0.2, 0.25) is 0 Å². The first-order chi connectivity index (χ1) is 10.7. The molecule has 0 spiro atoms. The molecule has 1 aliphatic carbocycles. The summed E-state index contributed by atoms with van der Waals surface area (Å²) < 4.78 is 10.6. The van der Waals surface area contributed by atoms with Gasteiger partial charge in [0.25, 0.3) is 0 Å². The number of likely N-dealkylation sites (tertiary alicyclic amines) is 1. The van der Waals surface area contributed by atoms with E-state index < -0.39 is 0 Å². The molecule has 0 aromatic heterocycles. The highest BCUT2D eigenvalue weighted by Gasteiger charge is 2.38. The molecule has 0 unspecified atom stereocenters. The number of hydrogen-bond acceptors (Lipinski definition) is 4. The Morgan fingerprint density at radius 1 is 1.18 bits per heavy atom. The van der Waals surface area contributed by atoms with E-state index in [1.807, 2.05) is 6.07 Å². The molecule has 2 aliphatic rings. The van der Waals surface area contributed by atoms with Crippen molar-refractivity contribution in [3.05, 3.63) is 23.8 Å². The average molecular weight is 304 g/mol. The maximum Gasteiger partial charge on any atom is 0.160 e. The first-order valence-electron chi connectivity index (χ1n) is 8.41. The molecule has 22 heavy (non-hydrogen) atoms. The number of benzene rings is 1. The molecule has 1 saturated carbocycles. The molecule has 122 valence electrons. The van der Waals surface area contributed by atoms with Gasteiger partial charge in [-0.25, -0.2) is 0 Å². The molecule has 0 bridgehead atoms. The summed E-state index contributed by atoms with van der Waals surface area (Å²) >= 11 is 0. The van der Waals surface area contributed by atoms with E-state index in [4.69, 9.17) is 9.47 Å². The van der Waals surface area contributed by atoms with Crippen molar-refractivity contribution >= 4 is 0 Å². The molecule has 0 radical (unpaired) electrons. The minimum Gasteiger partial charge on any atom is -0.493 e. The van der Waals surface area contributed by atoms with Crippen LogP contribution in [0, 0.1) is 0 Å². The van der Waals surface area contributed by atoms with E-state index in [1.54, 1.807) is 14.2 Å². The Morgan fingerprint density at radius 2 is 1.95 bits per heavy atom. The van der Waals surface area contributed by atoms with E-state index in [9.17, 15) is 0 Å². The van der Waals surface area contributed by atoms with Gasteiger partial charge in [0.15, 0.2) is 11.5 Å². The normalized spacial score (nSPS) is 25.4. The second kappa shape index (κ2) is 6.88. The Morgan fingerprint density at radius 3 is 2.64 bits per heavy atom. The molecule has 2 fully saturated rings. The van der Waals surface area contributed by atoms with Gasteiger partial charge in [0.2, 0.25) is 0 Å². The molecular weight excluding hydrogens is 276 g/mol. The predicted octanol–water partition coefficient (Wildman–Crippen LogP) is 2.46. The monoisotopic (exact) mass is 304 g/mol. The fraction of sp³-hybridized carbons (Fsp3) is 0.667. The zero-order valence-corrected chi connectivity index (χ0v) is 14.0.